The van der Waals surface area contributed by atoms with Crippen LogP contribution in [-0.4, -0.2) is 87.2 Å². The molecule has 11 nitrogen and oxygen atoms in total. The van der Waals surface area contributed by atoms with Gasteiger partial charge in [0.05, 0.1) is 28.9 Å². The molecule has 4 aliphatic carbocycles. The van der Waals surface area contributed by atoms with E-state index in [0.717, 1.165) is 0 Å². The molecule has 7 aliphatic rings. The Labute approximate surface area is 241 Å². The number of aliphatic hydroxyl groups is 2. The average molecular weight is 581 g/mol. The van der Waals surface area contributed by atoms with E-state index >= 15 is 0 Å². The van der Waals surface area contributed by atoms with E-state index in [1.165, 1.54) is 19.1 Å². The van der Waals surface area contributed by atoms with Gasteiger partial charge in [-0.05, 0) is 44.5 Å². The molecule has 0 unspecified atom stereocenters. The van der Waals surface area contributed by atoms with Crippen LogP contribution in [0.5, 0.6) is 5.75 Å². The second-order valence-electron chi connectivity index (χ2n) is 11.9. The van der Waals surface area contributed by atoms with Crippen LogP contribution in [0.3, 0.4) is 0 Å². The van der Waals surface area contributed by atoms with Gasteiger partial charge >= 0.3 is 0 Å². The molecular formula is C31H32O11. The van der Waals surface area contributed by atoms with Crippen LogP contribution >= 0.6 is 0 Å². The summed E-state index contributed by atoms with van der Waals surface area (Å²) in [5.74, 6) is -1.76. The van der Waals surface area contributed by atoms with Gasteiger partial charge in [-0.15, -0.1) is 0 Å². The number of phenolic OH excluding ortho intramolecular Hbond substituents is 1. The highest BCUT2D eigenvalue weighted by molar-refractivity contribution is 6.30. The molecule has 3 heterocycles. The number of carbonyl (C=O) groups excluding carboxylic acids is 4. The Bertz CT molecular complexity index is 1490. The van der Waals surface area contributed by atoms with Crippen LogP contribution in [0, 0.1) is 0 Å². The van der Waals surface area contributed by atoms with Crippen molar-refractivity contribution in [2.75, 3.05) is 0 Å². The van der Waals surface area contributed by atoms with Crippen LogP contribution in [0.1, 0.15) is 87.8 Å². The first-order chi connectivity index (χ1) is 19.8. The van der Waals surface area contributed by atoms with Gasteiger partial charge in [0.15, 0.2) is 35.7 Å². The lowest BCUT2D eigenvalue weighted by molar-refractivity contribution is -0.359. The van der Waals surface area contributed by atoms with Crippen molar-refractivity contribution >= 4 is 23.1 Å². The molecule has 0 aromatic heterocycles. The third-order valence-electron chi connectivity index (χ3n) is 8.42. The molecule has 0 amide bonds. The molecule has 9 rings (SSSR count). The molecule has 3 saturated heterocycles. The Morgan fingerprint density at radius 3 is 2.31 bits per heavy atom. The number of fused-ring (bicyclic) bond motifs is 4. The monoisotopic (exact) mass is 580 g/mol. The molecule has 0 spiro atoms. The Kier molecular flexibility index (Phi) is 7.16. The molecule has 2 aromatic carbocycles. The van der Waals surface area contributed by atoms with Crippen LogP contribution in [0.2, 0.25) is 0 Å². The van der Waals surface area contributed by atoms with Crippen molar-refractivity contribution in [3.05, 3.63) is 63.7 Å². The van der Waals surface area contributed by atoms with Crippen molar-refractivity contribution in [1.82, 2.24) is 0 Å². The Hall–Kier alpha value is -3.32. The summed E-state index contributed by atoms with van der Waals surface area (Å²) in [6.45, 7) is 5.09. The van der Waals surface area contributed by atoms with Crippen LogP contribution in [-0.2, 0) is 30.2 Å². The van der Waals surface area contributed by atoms with Gasteiger partial charge < -0.3 is 34.3 Å². The minimum Gasteiger partial charge on any atom is -0.506 e. The molecule has 3 N–H and O–H groups in total. The molecule has 3 fully saturated rings. The van der Waals surface area contributed by atoms with Crippen molar-refractivity contribution in [3.63, 3.8) is 0 Å². The first kappa shape index (κ1) is 28.8. The van der Waals surface area contributed by atoms with Gasteiger partial charge in [0.25, 0.3) is 0 Å². The highest BCUT2D eigenvalue weighted by Crippen LogP contribution is 2.38. The van der Waals surface area contributed by atoms with Gasteiger partial charge in [-0.25, -0.2) is 0 Å². The molecule has 6 bridgehead atoms. The summed E-state index contributed by atoms with van der Waals surface area (Å²) >= 11 is 0. The van der Waals surface area contributed by atoms with E-state index < -0.39 is 41.6 Å². The summed E-state index contributed by atoms with van der Waals surface area (Å²) in [6, 6.07) is 7.53. The van der Waals surface area contributed by atoms with E-state index in [4.69, 9.17) is 18.9 Å². The fourth-order valence-electron chi connectivity index (χ4n) is 6.33. The number of hydrogen-bond acceptors (Lipinski definition) is 11. The second-order valence-corrected chi connectivity index (χ2v) is 11.9. The van der Waals surface area contributed by atoms with Crippen molar-refractivity contribution in [3.8, 4) is 5.75 Å². The number of hydrogen-bond donors (Lipinski definition) is 3. The number of benzene rings is 2. The molecule has 0 radical (unpaired) electrons. The molecule has 2 aromatic rings. The molecule has 222 valence electrons. The Morgan fingerprint density at radius 2 is 1.55 bits per heavy atom. The summed E-state index contributed by atoms with van der Waals surface area (Å²) in [4.78, 5) is 49.5. The maximum atomic E-state index is 12.7. The van der Waals surface area contributed by atoms with E-state index in [-0.39, 0.29) is 76.6 Å². The molecular weight excluding hydrogens is 548 g/mol. The van der Waals surface area contributed by atoms with Gasteiger partial charge in [0.2, 0.25) is 0 Å². The number of aromatic hydroxyl groups is 1. The normalized spacial score (nSPS) is 35.1. The lowest BCUT2D eigenvalue weighted by Gasteiger charge is -2.48. The summed E-state index contributed by atoms with van der Waals surface area (Å²) < 4.78 is 22.5. The minimum atomic E-state index is -1.33. The van der Waals surface area contributed by atoms with Gasteiger partial charge in [-0.2, -0.15) is 0 Å². The summed E-state index contributed by atoms with van der Waals surface area (Å²) in [5.41, 5.74) is -0.260. The zero-order valence-corrected chi connectivity index (χ0v) is 23.4. The van der Waals surface area contributed by atoms with Crippen molar-refractivity contribution in [1.29, 1.82) is 0 Å². The van der Waals surface area contributed by atoms with E-state index in [9.17, 15) is 34.5 Å². The van der Waals surface area contributed by atoms with Gasteiger partial charge in [0, 0.05) is 42.4 Å². The summed E-state index contributed by atoms with van der Waals surface area (Å²) in [6.07, 6.45) is -2.27. The first-order valence-electron chi connectivity index (χ1n) is 14.0. The SMILES string of the molecule is C[C@@H]1O[C@H]2O[C@@H]3[C@@H](C)O[C@@H](O)C[C@H]3O[C@H]2CC1=O.C[C@]1(O)CC(=O)c2ccc3c(c2O)C(=O)c2ccc(cc2C3=O)C1. The standard InChI is InChI=1S/C19H14O5.C12H18O6/c1-19(24)7-9-2-3-10-13(6-9)16(21)12-5-4-11(14(20)8-19)18(23)15(12)17(10)22;1-5-7(13)3-9-12(16-5)18-11-6(2)15-10(14)4-8(11)17-9/h2-6,23-24H,7-8H2,1H3;5-6,8-12,14H,3-4H2,1-2H3/t19-;5-,6+,8+,9-,10+,11+,12-/m10/s1. The first-order valence-corrected chi connectivity index (χ1v) is 14.0. The molecule has 8 atom stereocenters. The molecule has 11 heteroatoms. The van der Waals surface area contributed by atoms with Crippen molar-refractivity contribution in [2.24, 2.45) is 0 Å². The maximum absolute atomic E-state index is 12.7. The minimum absolute atomic E-state index is 0.0268. The zero-order valence-electron chi connectivity index (χ0n) is 23.4. The van der Waals surface area contributed by atoms with Crippen molar-refractivity contribution < 1.29 is 53.4 Å². The summed E-state index contributed by atoms with van der Waals surface area (Å²) in [5, 5.41) is 30.6. The third-order valence-corrected chi connectivity index (χ3v) is 8.42. The molecule has 42 heavy (non-hydrogen) atoms. The molecule has 3 aliphatic heterocycles. The second kappa shape index (κ2) is 10.4. The topological polar surface area (TPSA) is 166 Å². The van der Waals surface area contributed by atoms with Crippen LogP contribution in [0.4, 0.5) is 0 Å². The lowest BCUT2D eigenvalue weighted by Crippen LogP contribution is -2.61. The van der Waals surface area contributed by atoms with Crippen LogP contribution in [0.15, 0.2) is 30.3 Å². The quantitative estimate of drug-likeness (QED) is 0.356. The number of ketones is 4. The third kappa shape index (κ3) is 5.00. The van der Waals surface area contributed by atoms with Crippen LogP contribution in [0.25, 0.3) is 0 Å². The van der Waals surface area contributed by atoms with E-state index in [0.29, 0.717) is 18.4 Å². The fraction of sp³-hybridized carbons (Fsp3) is 0.484. The van der Waals surface area contributed by atoms with Gasteiger partial charge in [0.1, 0.15) is 24.1 Å². The zero-order chi connectivity index (χ0) is 30.1. The lowest BCUT2D eigenvalue weighted by atomic mass is 9.78. The number of Topliss-reactive ketones (excluding diaryl/α,β-unsaturated/α-hetero) is 2. The predicted octanol–water partition coefficient (Wildman–Crippen LogP) is 2.02. The van der Waals surface area contributed by atoms with Gasteiger partial charge in [-0.3, -0.25) is 19.2 Å². The number of carbonyl (C=O) groups is 4. The number of ether oxygens (including phenoxy) is 4. The maximum Gasteiger partial charge on any atom is 0.198 e. The predicted molar refractivity (Wildman–Crippen MR) is 143 cm³/mol. The highest BCUT2D eigenvalue weighted by Gasteiger charge is 2.49. The van der Waals surface area contributed by atoms with E-state index in [1.807, 2.05) is 6.92 Å². The smallest absolute Gasteiger partial charge is 0.198 e. The summed E-state index contributed by atoms with van der Waals surface area (Å²) in [7, 11) is 0. The Balaban J connectivity index is 0.000000157. The average Bonchev–Trinajstić information content (AvgIpc) is 2.91. The molecule has 0 saturated carbocycles. The van der Waals surface area contributed by atoms with Gasteiger partial charge in [-0.1, -0.05) is 12.1 Å². The highest BCUT2D eigenvalue weighted by atomic mass is 16.7. The fourth-order valence-corrected chi connectivity index (χ4v) is 6.33. The number of rotatable bonds is 0. The Morgan fingerprint density at radius 1 is 0.833 bits per heavy atom. The van der Waals surface area contributed by atoms with E-state index in [2.05, 4.69) is 0 Å². The van der Waals surface area contributed by atoms with Crippen LogP contribution < -0.4 is 0 Å². The number of aliphatic hydroxyl groups excluding tert-OH is 1. The largest absolute Gasteiger partial charge is 0.506 e. The van der Waals surface area contributed by atoms with Crippen molar-refractivity contribution in [2.45, 2.75) is 95.2 Å². The van der Waals surface area contributed by atoms with E-state index in [1.54, 1.807) is 25.1 Å². The number of phenols is 1.